The lowest BCUT2D eigenvalue weighted by molar-refractivity contribution is -0.123. The lowest BCUT2D eigenvalue weighted by Crippen LogP contribution is -2.30. The van der Waals surface area contributed by atoms with Crippen LogP contribution in [-0.2, 0) is 9.53 Å². The van der Waals surface area contributed by atoms with E-state index in [0.29, 0.717) is 16.8 Å². The summed E-state index contributed by atoms with van der Waals surface area (Å²) in [5.41, 5.74) is 1.45. The Morgan fingerprint density at radius 3 is 2.42 bits per heavy atom. The first-order chi connectivity index (χ1) is 12.6. The minimum absolute atomic E-state index is 0.418. The van der Waals surface area contributed by atoms with Crippen LogP contribution in [0.15, 0.2) is 66.7 Å². The zero-order valence-electron chi connectivity index (χ0n) is 14.1. The summed E-state index contributed by atoms with van der Waals surface area (Å²) in [5, 5.41) is 13.2. The minimum Gasteiger partial charge on any atom is -0.449 e. The van der Waals surface area contributed by atoms with Crippen LogP contribution < -0.4 is 5.32 Å². The number of nitrogens with zero attached hydrogens (tertiary/aromatic N) is 1. The number of carbonyl (C=O) groups excluding carboxylic acids is 2. The van der Waals surface area contributed by atoms with E-state index < -0.39 is 18.0 Å². The zero-order chi connectivity index (χ0) is 18.5. The molecular formula is C21H16N2O3. The van der Waals surface area contributed by atoms with Crippen LogP contribution in [-0.4, -0.2) is 18.0 Å². The molecule has 0 radical (unpaired) electrons. The maximum atomic E-state index is 12.5. The molecule has 0 spiro atoms. The Morgan fingerprint density at radius 1 is 1.00 bits per heavy atom. The number of amides is 1. The number of fused-ring (bicyclic) bond motifs is 1. The summed E-state index contributed by atoms with van der Waals surface area (Å²) in [5.74, 6) is -0.993. The molecule has 3 aromatic carbocycles. The van der Waals surface area contributed by atoms with Gasteiger partial charge in [-0.15, -0.1) is 0 Å². The van der Waals surface area contributed by atoms with Crippen molar-refractivity contribution in [2.75, 3.05) is 5.32 Å². The molecule has 0 saturated heterocycles. The number of nitriles is 1. The maximum Gasteiger partial charge on any atom is 0.339 e. The van der Waals surface area contributed by atoms with E-state index in [4.69, 9.17) is 10.00 Å². The highest BCUT2D eigenvalue weighted by Crippen LogP contribution is 2.20. The van der Waals surface area contributed by atoms with Gasteiger partial charge in [-0.2, -0.15) is 5.26 Å². The van der Waals surface area contributed by atoms with Crippen molar-refractivity contribution >= 4 is 28.3 Å². The van der Waals surface area contributed by atoms with Gasteiger partial charge >= 0.3 is 5.97 Å². The van der Waals surface area contributed by atoms with Crippen LogP contribution in [0.4, 0.5) is 5.69 Å². The molecule has 1 atom stereocenters. The molecule has 0 fully saturated rings. The summed E-state index contributed by atoms with van der Waals surface area (Å²) in [6, 6.07) is 21.3. The van der Waals surface area contributed by atoms with Crippen molar-refractivity contribution in [3.63, 3.8) is 0 Å². The molecule has 5 nitrogen and oxygen atoms in total. The highest BCUT2D eigenvalue weighted by molar-refractivity contribution is 6.05. The zero-order valence-corrected chi connectivity index (χ0v) is 14.1. The number of carbonyl (C=O) groups is 2. The molecule has 128 valence electrons. The van der Waals surface area contributed by atoms with Crippen molar-refractivity contribution in [2.45, 2.75) is 13.0 Å². The molecule has 0 unspecified atom stereocenters. The largest absolute Gasteiger partial charge is 0.449 e. The summed E-state index contributed by atoms with van der Waals surface area (Å²) in [4.78, 5) is 24.7. The molecule has 5 heteroatoms. The van der Waals surface area contributed by atoms with Gasteiger partial charge in [-0.1, -0.05) is 36.4 Å². The fraction of sp³-hybridized carbons (Fsp3) is 0.0952. The van der Waals surface area contributed by atoms with Crippen LogP contribution in [0.5, 0.6) is 0 Å². The molecule has 0 heterocycles. The summed E-state index contributed by atoms with van der Waals surface area (Å²) in [6.07, 6.45) is -0.961. The molecule has 26 heavy (non-hydrogen) atoms. The Balaban J connectivity index is 1.70. The van der Waals surface area contributed by atoms with Gasteiger partial charge in [0.25, 0.3) is 5.91 Å². The Hall–Kier alpha value is -3.65. The third-order valence-corrected chi connectivity index (χ3v) is 3.94. The van der Waals surface area contributed by atoms with E-state index in [-0.39, 0.29) is 0 Å². The molecule has 0 saturated carbocycles. The second-order valence-electron chi connectivity index (χ2n) is 5.75. The number of hydrogen-bond donors (Lipinski definition) is 1. The second kappa shape index (κ2) is 7.49. The third kappa shape index (κ3) is 3.70. The number of benzene rings is 3. The maximum absolute atomic E-state index is 12.5. The van der Waals surface area contributed by atoms with Crippen LogP contribution in [0, 0.1) is 11.3 Å². The number of anilines is 1. The van der Waals surface area contributed by atoms with Crippen molar-refractivity contribution in [3.8, 4) is 6.07 Å². The van der Waals surface area contributed by atoms with Gasteiger partial charge in [0.1, 0.15) is 0 Å². The second-order valence-corrected chi connectivity index (χ2v) is 5.75. The Labute approximate surface area is 150 Å². The Kier molecular flexibility index (Phi) is 4.95. The number of nitrogens with one attached hydrogen (secondary N) is 1. The average Bonchev–Trinajstić information content (AvgIpc) is 2.68. The van der Waals surface area contributed by atoms with E-state index in [0.717, 1.165) is 10.8 Å². The van der Waals surface area contributed by atoms with E-state index in [9.17, 15) is 9.59 Å². The van der Waals surface area contributed by atoms with Gasteiger partial charge in [-0.05, 0) is 48.0 Å². The molecule has 3 rings (SSSR count). The summed E-state index contributed by atoms with van der Waals surface area (Å²) < 4.78 is 5.32. The number of hydrogen-bond acceptors (Lipinski definition) is 4. The van der Waals surface area contributed by atoms with Crippen molar-refractivity contribution < 1.29 is 14.3 Å². The van der Waals surface area contributed by atoms with Crippen molar-refractivity contribution in [2.24, 2.45) is 0 Å². The molecule has 1 N–H and O–H groups in total. The predicted octanol–water partition coefficient (Wildman–Crippen LogP) is 3.90. The molecular weight excluding hydrogens is 328 g/mol. The lowest BCUT2D eigenvalue weighted by atomic mass is 10.0. The van der Waals surface area contributed by atoms with Gasteiger partial charge in [-0.25, -0.2) is 4.79 Å². The van der Waals surface area contributed by atoms with Gasteiger partial charge in [0.2, 0.25) is 0 Å². The minimum atomic E-state index is -0.961. The number of rotatable bonds is 4. The standard InChI is InChI=1S/C21H16N2O3/c1-14(20(24)23-17-11-9-15(13-22)10-12-17)26-21(25)19-8-4-6-16-5-2-3-7-18(16)19/h2-12,14H,1H3,(H,23,24)/t14-/m1/s1. The van der Waals surface area contributed by atoms with Crippen molar-refractivity contribution in [1.82, 2.24) is 0 Å². The average molecular weight is 344 g/mol. The summed E-state index contributed by atoms with van der Waals surface area (Å²) in [6.45, 7) is 1.52. The Bertz CT molecular complexity index is 998. The topological polar surface area (TPSA) is 79.2 Å². The first kappa shape index (κ1) is 17.2. The van der Waals surface area contributed by atoms with Gasteiger partial charge in [0, 0.05) is 5.69 Å². The van der Waals surface area contributed by atoms with E-state index in [1.165, 1.54) is 6.92 Å². The Morgan fingerprint density at radius 2 is 1.69 bits per heavy atom. The highest BCUT2D eigenvalue weighted by atomic mass is 16.5. The van der Waals surface area contributed by atoms with Crippen LogP contribution in [0.25, 0.3) is 10.8 Å². The molecule has 3 aromatic rings. The van der Waals surface area contributed by atoms with Gasteiger partial charge in [-0.3, -0.25) is 4.79 Å². The molecule has 0 aliphatic heterocycles. The van der Waals surface area contributed by atoms with E-state index in [1.807, 2.05) is 36.4 Å². The lowest BCUT2D eigenvalue weighted by Gasteiger charge is -2.14. The van der Waals surface area contributed by atoms with Crippen molar-refractivity contribution in [3.05, 3.63) is 77.9 Å². The normalized spacial score (nSPS) is 11.4. The van der Waals surface area contributed by atoms with E-state index >= 15 is 0 Å². The monoisotopic (exact) mass is 344 g/mol. The molecule has 0 aliphatic carbocycles. The number of ether oxygens (including phenoxy) is 1. The van der Waals surface area contributed by atoms with Gasteiger partial charge in [0.05, 0.1) is 17.2 Å². The third-order valence-electron chi connectivity index (χ3n) is 3.94. The van der Waals surface area contributed by atoms with E-state index in [2.05, 4.69) is 5.32 Å². The molecule has 1 amide bonds. The smallest absolute Gasteiger partial charge is 0.339 e. The SMILES string of the molecule is C[C@@H](OC(=O)c1cccc2ccccc12)C(=O)Nc1ccc(C#N)cc1. The van der Waals surface area contributed by atoms with Crippen LogP contribution in [0.3, 0.4) is 0 Å². The first-order valence-corrected chi connectivity index (χ1v) is 8.08. The molecule has 0 bridgehead atoms. The van der Waals surface area contributed by atoms with Crippen LogP contribution in [0.1, 0.15) is 22.8 Å². The van der Waals surface area contributed by atoms with Crippen LogP contribution >= 0.6 is 0 Å². The first-order valence-electron chi connectivity index (χ1n) is 8.08. The fourth-order valence-corrected chi connectivity index (χ4v) is 2.55. The quantitative estimate of drug-likeness (QED) is 0.728. The molecule has 0 aromatic heterocycles. The predicted molar refractivity (Wildman–Crippen MR) is 98.6 cm³/mol. The van der Waals surface area contributed by atoms with Gasteiger partial charge in [0.15, 0.2) is 6.10 Å². The summed E-state index contributed by atoms with van der Waals surface area (Å²) >= 11 is 0. The summed E-state index contributed by atoms with van der Waals surface area (Å²) in [7, 11) is 0. The van der Waals surface area contributed by atoms with Crippen molar-refractivity contribution in [1.29, 1.82) is 5.26 Å². The highest BCUT2D eigenvalue weighted by Gasteiger charge is 2.20. The van der Waals surface area contributed by atoms with Gasteiger partial charge < -0.3 is 10.1 Å². The number of esters is 1. The van der Waals surface area contributed by atoms with Crippen LogP contribution in [0.2, 0.25) is 0 Å². The van der Waals surface area contributed by atoms with E-state index in [1.54, 1.807) is 36.4 Å². The fourth-order valence-electron chi connectivity index (χ4n) is 2.55. The molecule has 0 aliphatic rings.